The summed E-state index contributed by atoms with van der Waals surface area (Å²) in [5, 5.41) is 2.80. The van der Waals surface area contributed by atoms with Crippen molar-refractivity contribution < 1.29 is 14.0 Å². The molecule has 0 radical (unpaired) electrons. The zero-order valence-corrected chi connectivity index (χ0v) is 16.9. The molecular weight excluding hydrogens is 369 g/mol. The van der Waals surface area contributed by atoms with Crippen LogP contribution in [0, 0.1) is 5.82 Å². The molecule has 0 atom stereocenters. The van der Waals surface area contributed by atoms with Crippen LogP contribution in [0.25, 0.3) is 11.6 Å². The van der Waals surface area contributed by atoms with Gasteiger partial charge in [-0.05, 0) is 67.5 Å². The highest BCUT2D eigenvalue weighted by atomic mass is 19.1. The van der Waals surface area contributed by atoms with Crippen molar-refractivity contribution in [1.82, 2.24) is 9.88 Å². The highest BCUT2D eigenvalue weighted by Gasteiger charge is 2.26. The number of anilines is 1. The van der Waals surface area contributed by atoms with Crippen molar-refractivity contribution in [1.29, 1.82) is 0 Å². The lowest BCUT2D eigenvalue weighted by Gasteiger charge is -2.11. The molecule has 0 fully saturated rings. The Hall–Kier alpha value is -2.89. The second kappa shape index (κ2) is 7.85. The summed E-state index contributed by atoms with van der Waals surface area (Å²) in [6, 6.07) is 4.32. The monoisotopic (exact) mass is 395 g/mol. The molecule has 0 bridgehead atoms. The zero-order chi connectivity index (χ0) is 20.5. The van der Waals surface area contributed by atoms with Gasteiger partial charge in [0.1, 0.15) is 5.82 Å². The SMILES string of the molecule is CN(C)C(=O)CCc1c(C=C2C(=O)Nc3ccc(F)cc32)[nH]c2c1CCCCC2. The van der Waals surface area contributed by atoms with Crippen LogP contribution >= 0.6 is 0 Å². The Labute approximate surface area is 170 Å². The molecule has 2 aliphatic rings. The smallest absolute Gasteiger partial charge is 0.256 e. The Bertz CT molecular complexity index is 1000. The van der Waals surface area contributed by atoms with Crippen LogP contribution in [0.4, 0.5) is 10.1 Å². The van der Waals surface area contributed by atoms with Crippen molar-refractivity contribution >= 4 is 29.2 Å². The van der Waals surface area contributed by atoms with Crippen molar-refractivity contribution in [3.63, 3.8) is 0 Å². The van der Waals surface area contributed by atoms with E-state index >= 15 is 0 Å². The molecule has 2 heterocycles. The lowest BCUT2D eigenvalue weighted by atomic mass is 9.98. The molecule has 4 rings (SSSR count). The summed E-state index contributed by atoms with van der Waals surface area (Å²) in [7, 11) is 3.52. The number of aromatic nitrogens is 1. The number of carbonyl (C=O) groups excluding carboxylic acids is 2. The van der Waals surface area contributed by atoms with Crippen molar-refractivity contribution in [2.24, 2.45) is 0 Å². The van der Waals surface area contributed by atoms with Crippen molar-refractivity contribution in [3.8, 4) is 0 Å². The Morgan fingerprint density at radius 1 is 1.21 bits per heavy atom. The first-order valence-corrected chi connectivity index (χ1v) is 10.2. The van der Waals surface area contributed by atoms with E-state index in [1.54, 1.807) is 25.1 Å². The summed E-state index contributed by atoms with van der Waals surface area (Å²) in [6.45, 7) is 0. The molecule has 1 aromatic heterocycles. The highest BCUT2D eigenvalue weighted by Crippen LogP contribution is 2.35. The van der Waals surface area contributed by atoms with E-state index in [1.165, 1.54) is 29.8 Å². The van der Waals surface area contributed by atoms with Gasteiger partial charge in [0.25, 0.3) is 5.91 Å². The van der Waals surface area contributed by atoms with Crippen LogP contribution in [0.1, 0.15) is 53.8 Å². The molecule has 1 aliphatic heterocycles. The molecule has 1 aliphatic carbocycles. The summed E-state index contributed by atoms with van der Waals surface area (Å²) >= 11 is 0. The first kappa shape index (κ1) is 19.4. The van der Waals surface area contributed by atoms with Gasteiger partial charge >= 0.3 is 0 Å². The van der Waals surface area contributed by atoms with Gasteiger partial charge < -0.3 is 15.2 Å². The number of aryl methyl sites for hydroxylation is 1. The molecule has 0 saturated heterocycles. The van der Waals surface area contributed by atoms with Gasteiger partial charge in [0, 0.05) is 43.2 Å². The van der Waals surface area contributed by atoms with Crippen LogP contribution in [0.3, 0.4) is 0 Å². The number of amides is 2. The molecule has 2 amide bonds. The average Bonchev–Trinajstić information content (AvgIpc) is 3.05. The molecule has 2 aromatic rings. The average molecular weight is 395 g/mol. The molecule has 0 saturated carbocycles. The van der Waals surface area contributed by atoms with Crippen LogP contribution in [0.5, 0.6) is 0 Å². The first-order valence-electron chi connectivity index (χ1n) is 10.2. The van der Waals surface area contributed by atoms with Gasteiger partial charge in [0.05, 0.1) is 5.57 Å². The lowest BCUT2D eigenvalue weighted by molar-refractivity contribution is -0.128. The number of nitrogens with one attached hydrogen (secondary N) is 2. The fraction of sp³-hybridized carbons (Fsp3) is 0.391. The number of fused-ring (bicyclic) bond motifs is 2. The quantitative estimate of drug-likeness (QED) is 0.608. The zero-order valence-electron chi connectivity index (χ0n) is 16.9. The van der Waals surface area contributed by atoms with Crippen molar-refractivity contribution in [3.05, 3.63) is 52.1 Å². The summed E-state index contributed by atoms with van der Waals surface area (Å²) in [5.74, 6) is -0.519. The van der Waals surface area contributed by atoms with E-state index in [2.05, 4.69) is 10.3 Å². The van der Waals surface area contributed by atoms with Crippen LogP contribution in [-0.2, 0) is 28.9 Å². The summed E-state index contributed by atoms with van der Waals surface area (Å²) in [4.78, 5) is 29.8. The minimum Gasteiger partial charge on any atom is -0.358 e. The third-order valence-electron chi connectivity index (χ3n) is 5.83. The topological polar surface area (TPSA) is 65.2 Å². The number of rotatable bonds is 4. The molecule has 29 heavy (non-hydrogen) atoms. The van der Waals surface area contributed by atoms with Gasteiger partial charge in [-0.2, -0.15) is 0 Å². The number of carbonyl (C=O) groups is 2. The van der Waals surface area contributed by atoms with Crippen molar-refractivity contribution in [2.45, 2.75) is 44.9 Å². The minimum atomic E-state index is -0.370. The van der Waals surface area contributed by atoms with E-state index < -0.39 is 0 Å². The minimum absolute atomic E-state index is 0.0817. The van der Waals surface area contributed by atoms with E-state index in [0.29, 0.717) is 29.7 Å². The van der Waals surface area contributed by atoms with E-state index in [4.69, 9.17) is 0 Å². The largest absolute Gasteiger partial charge is 0.358 e. The molecule has 0 unspecified atom stereocenters. The van der Waals surface area contributed by atoms with Crippen LogP contribution < -0.4 is 5.32 Å². The van der Waals surface area contributed by atoms with E-state index in [-0.39, 0.29) is 17.6 Å². The maximum atomic E-state index is 13.8. The Morgan fingerprint density at radius 3 is 2.79 bits per heavy atom. The van der Waals surface area contributed by atoms with Gasteiger partial charge in [0.2, 0.25) is 5.91 Å². The normalized spacial score (nSPS) is 16.9. The second-order valence-corrected chi connectivity index (χ2v) is 8.03. The highest BCUT2D eigenvalue weighted by molar-refractivity contribution is 6.34. The predicted octanol–water partition coefficient (Wildman–Crippen LogP) is 3.94. The van der Waals surface area contributed by atoms with Gasteiger partial charge in [0.15, 0.2) is 0 Å². The molecule has 2 N–H and O–H groups in total. The number of benzene rings is 1. The number of hydrogen-bond acceptors (Lipinski definition) is 2. The molecular formula is C23H26FN3O2. The number of nitrogens with zero attached hydrogens (tertiary/aromatic N) is 1. The molecule has 0 spiro atoms. The molecule has 5 nitrogen and oxygen atoms in total. The molecule has 1 aromatic carbocycles. The maximum absolute atomic E-state index is 13.8. The molecule has 6 heteroatoms. The maximum Gasteiger partial charge on any atom is 0.256 e. The summed E-state index contributed by atoms with van der Waals surface area (Å²) < 4.78 is 13.8. The Kier molecular flexibility index (Phi) is 5.26. The first-order chi connectivity index (χ1) is 13.9. The number of hydrogen-bond donors (Lipinski definition) is 2. The van der Waals surface area contributed by atoms with Crippen LogP contribution in [0.15, 0.2) is 18.2 Å². The van der Waals surface area contributed by atoms with Gasteiger partial charge in [-0.25, -0.2) is 4.39 Å². The lowest BCUT2D eigenvalue weighted by Crippen LogP contribution is -2.22. The van der Waals surface area contributed by atoms with Crippen LogP contribution in [-0.4, -0.2) is 35.8 Å². The molecule has 152 valence electrons. The number of halogens is 1. The fourth-order valence-corrected chi connectivity index (χ4v) is 4.27. The Balaban J connectivity index is 1.75. The predicted molar refractivity (Wildman–Crippen MR) is 112 cm³/mol. The van der Waals surface area contributed by atoms with Gasteiger partial charge in [-0.3, -0.25) is 9.59 Å². The van der Waals surface area contributed by atoms with Crippen molar-refractivity contribution in [2.75, 3.05) is 19.4 Å². The van der Waals surface area contributed by atoms with E-state index in [9.17, 15) is 14.0 Å². The second-order valence-electron chi connectivity index (χ2n) is 8.03. The van der Waals surface area contributed by atoms with Gasteiger partial charge in [-0.15, -0.1) is 0 Å². The van der Waals surface area contributed by atoms with Gasteiger partial charge in [-0.1, -0.05) is 6.42 Å². The standard InChI is InChI=1S/C23H26FN3O2/c1-27(2)22(28)11-9-16-15-6-4-3-5-7-19(15)25-21(16)13-18-17-12-14(24)8-10-20(17)26-23(18)29/h8,10,12-13,25H,3-7,9,11H2,1-2H3,(H,26,29). The third-order valence-corrected chi connectivity index (χ3v) is 5.83. The summed E-state index contributed by atoms with van der Waals surface area (Å²) in [5.41, 5.74) is 6.14. The van der Waals surface area contributed by atoms with Crippen LogP contribution in [0.2, 0.25) is 0 Å². The fourth-order valence-electron chi connectivity index (χ4n) is 4.27. The van der Waals surface area contributed by atoms with E-state index in [0.717, 1.165) is 36.9 Å². The summed E-state index contributed by atoms with van der Waals surface area (Å²) in [6.07, 6.45) is 8.29. The Morgan fingerprint density at radius 2 is 2.00 bits per heavy atom. The number of aromatic amines is 1. The number of H-pyrrole nitrogens is 1. The third kappa shape index (κ3) is 3.84. The van der Waals surface area contributed by atoms with E-state index in [1.807, 2.05) is 6.08 Å².